The Balaban J connectivity index is 1.67. The number of rotatable bonds is 5. The van der Waals surface area contributed by atoms with Gasteiger partial charge in [-0.2, -0.15) is 0 Å². The Labute approximate surface area is 146 Å². The van der Waals surface area contributed by atoms with E-state index in [1.807, 2.05) is 43.1 Å². The zero-order chi connectivity index (χ0) is 17.1. The number of hydrogen-bond donors (Lipinski definition) is 1. The lowest BCUT2D eigenvalue weighted by molar-refractivity contribution is -0.130. The van der Waals surface area contributed by atoms with E-state index in [1.165, 1.54) is 10.6 Å². The zero-order valence-electron chi connectivity index (χ0n) is 14.3. The third-order valence-corrected chi connectivity index (χ3v) is 5.54. The quantitative estimate of drug-likeness (QED) is 0.902. The van der Waals surface area contributed by atoms with Gasteiger partial charge >= 0.3 is 0 Å². The van der Waals surface area contributed by atoms with Crippen LogP contribution < -0.4 is 10.1 Å². The number of thiazole rings is 1. The van der Waals surface area contributed by atoms with E-state index in [9.17, 15) is 4.79 Å². The number of carbonyl (C=O) groups excluding carboxylic acids is 1. The second-order valence-corrected chi connectivity index (χ2v) is 7.25. The molecule has 6 heteroatoms. The fourth-order valence-corrected chi connectivity index (χ4v) is 4.30. The number of nitrogens with one attached hydrogen (secondary N) is 1. The number of methoxy groups -OCH3 is 1. The van der Waals surface area contributed by atoms with Crippen LogP contribution in [0.3, 0.4) is 0 Å². The molecule has 5 nitrogen and oxygen atoms in total. The average molecular weight is 345 g/mol. The maximum absolute atomic E-state index is 12.6. The molecule has 1 aliphatic carbocycles. The van der Waals surface area contributed by atoms with Gasteiger partial charge in [-0.05, 0) is 38.3 Å². The van der Waals surface area contributed by atoms with Gasteiger partial charge < -0.3 is 15.0 Å². The minimum Gasteiger partial charge on any atom is -0.495 e. The molecule has 0 aliphatic heterocycles. The third kappa shape index (κ3) is 3.38. The molecule has 24 heavy (non-hydrogen) atoms. The van der Waals surface area contributed by atoms with Crippen molar-refractivity contribution >= 4 is 22.9 Å². The summed E-state index contributed by atoms with van der Waals surface area (Å²) in [6.45, 7) is 2.28. The van der Waals surface area contributed by atoms with Crippen molar-refractivity contribution < 1.29 is 9.53 Å². The number of likely N-dealkylation sites (N-methyl/N-ethyl adjacent to an activating group) is 1. The van der Waals surface area contributed by atoms with Crippen LogP contribution in [0.1, 0.15) is 34.5 Å². The molecule has 0 spiro atoms. The summed E-state index contributed by atoms with van der Waals surface area (Å²) in [6.07, 6.45) is 3.11. The molecule has 0 radical (unpaired) electrons. The lowest BCUT2D eigenvalue weighted by Gasteiger charge is -2.31. The summed E-state index contributed by atoms with van der Waals surface area (Å²) in [5, 5.41) is 4.27. The lowest BCUT2D eigenvalue weighted by atomic mass is 9.97. The first kappa shape index (κ1) is 16.8. The Morgan fingerprint density at radius 2 is 2.25 bits per heavy atom. The number of aryl methyl sites for hydroxylation is 2. The van der Waals surface area contributed by atoms with Gasteiger partial charge in [-0.15, -0.1) is 11.3 Å². The van der Waals surface area contributed by atoms with Crippen molar-refractivity contribution in [1.29, 1.82) is 0 Å². The minimum absolute atomic E-state index is 0.0739. The smallest absolute Gasteiger partial charge is 0.242 e. The number of nitrogens with zero attached hydrogens (tertiary/aromatic N) is 2. The molecule has 1 amide bonds. The summed E-state index contributed by atoms with van der Waals surface area (Å²) in [6, 6.07) is 7.77. The molecule has 3 rings (SSSR count). The topological polar surface area (TPSA) is 54.5 Å². The number of aromatic nitrogens is 1. The molecule has 0 bridgehead atoms. The number of benzene rings is 1. The maximum Gasteiger partial charge on any atom is 0.242 e. The van der Waals surface area contributed by atoms with Gasteiger partial charge in [0.05, 0.1) is 41.0 Å². The van der Waals surface area contributed by atoms with Crippen LogP contribution >= 0.6 is 11.3 Å². The first-order valence-electron chi connectivity index (χ1n) is 8.19. The first-order chi connectivity index (χ1) is 11.6. The van der Waals surface area contributed by atoms with Gasteiger partial charge in [-0.3, -0.25) is 4.79 Å². The van der Waals surface area contributed by atoms with Crippen molar-refractivity contribution in [2.24, 2.45) is 0 Å². The predicted molar refractivity (Wildman–Crippen MR) is 96.8 cm³/mol. The molecule has 1 aromatic carbocycles. The fourth-order valence-electron chi connectivity index (χ4n) is 3.15. The van der Waals surface area contributed by atoms with Crippen molar-refractivity contribution in [2.75, 3.05) is 26.0 Å². The molecule has 0 saturated carbocycles. The third-order valence-electron chi connectivity index (χ3n) is 4.43. The van der Waals surface area contributed by atoms with Gasteiger partial charge in [-0.25, -0.2) is 4.98 Å². The van der Waals surface area contributed by atoms with Crippen LogP contribution in [0, 0.1) is 6.92 Å². The van der Waals surface area contributed by atoms with Crippen LogP contribution in [-0.4, -0.2) is 36.5 Å². The molecule has 1 heterocycles. The van der Waals surface area contributed by atoms with E-state index in [-0.39, 0.29) is 18.5 Å². The summed E-state index contributed by atoms with van der Waals surface area (Å²) in [5.41, 5.74) is 2.01. The van der Waals surface area contributed by atoms with E-state index >= 15 is 0 Å². The van der Waals surface area contributed by atoms with Gasteiger partial charge in [0.1, 0.15) is 5.75 Å². The van der Waals surface area contributed by atoms with Crippen molar-refractivity contribution in [1.82, 2.24) is 9.88 Å². The van der Waals surface area contributed by atoms with Gasteiger partial charge in [0.15, 0.2) is 0 Å². The Morgan fingerprint density at radius 1 is 1.46 bits per heavy atom. The van der Waals surface area contributed by atoms with Gasteiger partial charge in [0, 0.05) is 7.05 Å². The van der Waals surface area contributed by atoms with Gasteiger partial charge in [-0.1, -0.05) is 12.1 Å². The molecule has 0 fully saturated rings. The van der Waals surface area contributed by atoms with Crippen molar-refractivity contribution in [3.63, 3.8) is 0 Å². The predicted octanol–water partition coefficient (Wildman–Crippen LogP) is 3.41. The number of hydrogen-bond acceptors (Lipinski definition) is 5. The molecule has 1 atom stereocenters. The number of amides is 1. The van der Waals surface area contributed by atoms with Crippen molar-refractivity contribution in [3.8, 4) is 5.75 Å². The van der Waals surface area contributed by atoms with Crippen LogP contribution in [0.15, 0.2) is 24.3 Å². The largest absolute Gasteiger partial charge is 0.495 e. The summed E-state index contributed by atoms with van der Waals surface area (Å²) in [5.74, 6) is 0.816. The second kappa shape index (κ2) is 7.21. The minimum atomic E-state index is 0.0739. The summed E-state index contributed by atoms with van der Waals surface area (Å²) < 4.78 is 5.31. The highest BCUT2D eigenvalue weighted by molar-refractivity contribution is 7.11. The Kier molecular flexibility index (Phi) is 5.04. The standard InChI is InChI=1S/C18H23N3O2S/c1-12-20-14-8-6-9-15(18(14)24-12)21(2)17(22)11-19-13-7-4-5-10-16(13)23-3/h4-5,7,10,15,19H,6,8-9,11H2,1-3H3. The molecule has 1 unspecified atom stereocenters. The first-order valence-corrected chi connectivity index (χ1v) is 9.00. The Morgan fingerprint density at radius 3 is 3.04 bits per heavy atom. The summed E-state index contributed by atoms with van der Waals surface area (Å²) >= 11 is 1.72. The maximum atomic E-state index is 12.6. The second-order valence-electron chi connectivity index (χ2n) is 6.01. The molecule has 1 N–H and O–H groups in total. The van der Waals surface area contributed by atoms with Gasteiger partial charge in [0.2, 0.25) is 5.91 Å². The lowest BCUT2D eigenvalue weighted by Crippen LogP contribution is -2.36. The number of anilines is 1. The van der Waals surface area contributed by atoms with Crippen LogP contribution in [0.4, 0.5) is 5.69 Å². The van der Waals surface area contributed by atoms with Crippen LogP contribution in [-0.2, 0) is 11.2 Å². The Bertz CT molecular complexity index is 729. The molecular weight excluding hydrogens is 322 g/mol. The highest BCUT2D eigenvalue weighted by Gasteiger charge is 2.29. The molecule has 1 aromatic heterocycles. The van der Waals surface area contributed by atoms with Crippen LogP contribution in [0.5, 0.6) is 5.75 Å². The van der Waals surface area contributed by atoms with E-state index in [2.05, 4.69) is 10.3 Å². The van der Waals surface area contributed by atoms with E-state index in [0.29, 0.717) is 0 Å². The summed E-state index contributed by atoms with van der Waals surface area (Å²) in [7, 11) is 3.52. The molecular formula is C18H23N3O2S. The van der Waals surface area contributed by atoms with Crippen molar-refractivity contribution in [3.05, 3.63) is 39.8 Å². The molecule has 0 saturated heterocycles. The highest BCUT2D eigenvalue weighted by Crippen LogP contribution is 2.37. The van der Waals surface area contributed by atoms with E-state index in [4.69, 9.17) is 4.74 Å². The zero-order valence-corrected chi connectivity index (χ0v) is 15.2. The average Bonchev–Trinajstić information content (AvgIpc) is 2.99. The molecule has 1 aliphatic rings. The SMILES string of the molecule is COc1ccccc1NCC(=O)N(C)C1CCCc2nc(C)sc21. The van der Waals surface area contributed by atoms with E-state index < -0.39 is 0 Å². The number of carbonyl (C=O) groups is 1. The van der Waals surface area contributed by atoms with Gasteiger partial charge in [0.25, 0.3) is 0 Å². The van der Waals surface area contributed by atoms with Crippen molar-refractivity contribution in [2.45, 2.75) is 32.2 Å². The van der Waals surface area contributed by atoms with E-state index in [1.54, 1.807) is 18.4 Å². The summed E-state index contributed by atoms with van der Waals surface area (Å²) in [4.78, 5) is 20.4. The molecule has 2 aromatic rings. The highest BCUT2D eigenvalue weighted by atomic mass is 32.1. The van der Waals surface area contributed by atoms with E-state index in [0.717, 1.165) is 35.7 Å². The number of fused-ring (bicyclic) bond motifs is 1. The fraction of sp³-hybridized carbons (Fsp3) is 0.444. The van der Waals surface area contributed by atoms with Crippen LogP contribution in [0.2, 0.25) is 0 Å². The number of ether oxygens (including phenoxy) is 1. The Hall–Kier alpha value is -2.08. The normalized spacial score (nSPS) is 16.4. The monoisotopic (exact) mass is 345 g/mol. The van der Waals surface area contributed by atoms with Crippen LogP contribution in [0.25, 0.3) is 0 Å². The molecule has 128 valence electrons. The number of para-hydroxylation sites is 2.